The van der Waals surface area contributed by atoms with Crippen LogP contribution in [0, 0.1) is 8.99 Å². The van der Waals surface area contributed by atoms with Gasteiger partial charge in [0.25, 0.3) is 5.92 Å². The van der Waals surface area contributed by atoms with Gasteiger partial charge in [0, 0.05) is 20.1 Å². The van der Waals surface area contributed by atoms with Gasteiger partial charge in [0.15, 0.2) is 0 Å². The standard InChI is InChI=1S/C13H13F2IO/c14-13(15)11-8(10(17)4-3-9(11)16)7-12(13)5-1-2-6-12/h3-4,17H,1-2,5-7H2. The Bertz CT molecular complexity index is 479. The van der Waals surface area contributed by atoms with E-state index in [4.69, 9.17) is 0 Å². The van der Waals surface area contributed by atoms with Gasteiger partial charge in [-0.3, -0.25) is 0 Å². The summed E-state index contributed by atoms with van der Waals surface area (Å²) in [5.41, 5.74) is -0.363. The van der Waals surface area contributed by atoms with Gasteiger partial charge < -0.3 is 5.11 Å². The highest BCUT2D eigenvalue weighted by molar-refractivity contribution is 14.1. The van der Waals surface area contributed by atoms with Gasteiger partial charge in [-0.05, 0) is 54.0 Å². The Hall–Kier alpha value is -0.390. The first-order chi connectivity index (χ1) is 7.98. The number of fused-ring (bicyclic) bond motifs is 1. The van der Waals surface area contributed by atoms with E-state index in [0.29, 0.717) is 28.4 Å². The van der Waals surface area contributed by atoms with Gasteiger partial charge in [0.2, 0.25) is 0 Å². The summed E-state index contributed by atoms with van der Waals surface area (Å²) in [6.07, 6.45) is 3.23. The van der Waals surface area contributed by atoms with Crippen LogP contribution in [0.5, 0.6) is 5.75 Å². The SMILES string of the molecule is Oc1ccc(I)c2c1CC1(CCCC1)C2(F)F. The summed E-state index contributed by atoms with van der Waals surface area (Å²) in [6, 6.07) is 3.11. The number of phenolic OH excluding ortho intramolecular Hbond substituents is 1. The summed E-state index contributed by atoms with van der Waals surface area (Å²) in [5.74, 6) is -2.75. The highest BCUT2D eigenvalue weighted by Gasteiger charge is 2.62. The summed E-state index contributed by atoms with van der Waals surface area (Å²) in [6.45, 7) is 0. The fourth-order valence-electron chi connectivity index (χ4n) is 3.38. The predicted molar refractivity (Wildman–Crippen MR) is 69.3 cm³/mol. The number of aromatic hydroxyl groups is 1. The Morgan fingerprint density at radius 1 is 1.18 bits per heavy atom. The van der Waals surface area contributed by atoms with E-state index in [1.807, 2.05) is 22.6 Å². The first kappa shape index (κ1) is 11.7. The lowest BCUT2D eigenvalue weighted by atomic mass is 9.80. The smallest absolute Gasteiger partial charge is 0.280 e. The number of halogens is 3. The van der Waals surface area contributed by atoms with Crippen LogP contribution in [0.3, 0.4) is 0 Å². The Morgan fingerprint density at radius 3 is 2.41 bits per heavy atom. The number of hydrogen-bond acceptors (Lipinski definition) is 1. The van der Waals surface area contributed by atoms with E-state index in [2.05, 4.69) is 0 Å². The molecule has 2 aliphatic rings. The van der Waals surface area contributed by atoms with E-state index in [-0.39, 0.29) is 11.3 Å². The van der Waals surface area contributed by atoms with Crippen LogP contribution in [0.2, 0.25) is 0 Å². The van der Waals surface area contributed by atoms with Crippen molar-refractivity contribution >= 4 is 22.6 Å². The number of alkyl halides is 2. The summed E-state index contributed by atoms with van der Waals surface area (Å²) in [5, 5.41) is 9.80. The Morgan fingerprint density at radius 2 is 1.82 bits per heavy atom. The van der Waals surface area contributed by atoms with Crippen LogP contribution in [-0.4, -0.2) is 5.11 Å². The maximum atomic E-state index is 14.6. The van der Waals surface area contributed by atoms with Crippen molar-refractivity contribution < 1.29 is 13.9 Å². The van der Waals surface area contributed by atoms with Crippen molar-refractivity contribution in [2.45, 2.75) is 38.0 Å². The van der Waals surface area contributed by atoms with Gasteiger partial charge in [-0.2, -0.15) is 0 Å². The van der Waals surface area contributed by atoms with Gasteiger partial charge in [-0.25, -0.2) is 8.78 Å². The zero-order valence-electron chi connectivity index (χ0n) is 9.27. The lowest BCUT2D eigenvalue weighted by molar-refractivity contribution is -0.115. The molecule has 1 N–H and O–H groups in total. The van der Waals surface area contributed by atoms with Crippen molar-refractivity contribution in [3.63, 3.8) is 0 Å². The van der Waals surface area contributed by atoms with E-state index in [1.165, 1.54) is 6.07 Å². The molecule has 0 bridgehead atoms. The summed E-state index contributed by atoms with van der Waals surface area (Å²) in [4.78, 5) is 0. The van der Waals surface area contributed by atoms with Crippen molar-refractivity contribution in [3.8, 4) is 5.75 Å². The van der Waals surface area contributed by atoms with Crippen molar-refractivity contribution in [2.75, 3.05) is 0 Å². The van der Waals surface area contributed by atoms with Crippen molar-refractivity contribution in [1.82, 2.24) is 0 Å². The molecule has 1 nitrogen and oxygen atoms in total. The molecule has 0 atom stereocenters. The highest BCUT2D eigenvalue weighted by Crippen LogP contribution is 2.63. The van der Waals surface area contributed by atoms with Crippen LogP contribution in [0.1, 0.15) is 36.8 Å². The van der Waals surface area contributed by atoms with E-state index in [0.717, 1.165) is 12.8 Å². The summed E-state index contributed by atoms with van der Waals surface area (Å²) < 4.78 is 29.8. The minimum atomic E-state index is -2.78. The molecular formula is C13H13F2IO. The lowest BCUT2D eigenvalue weighted by Gasteiger charge is -2.31. The molecule has 3 rings (SSSR count). The van der Waals surface area contributed by atoms with Gasteiger partial charge >= 0.3 is 0 Å². The quantitative estimate of drug-likeness (QED) is 0.696. The molecular weight excluding hydrogens is 337 g/mol. The number of phenols is 1. The van der Waals surface area contributed by atoms with Crippen molar-refractivity contribution in [1.29, 1.82) is 0 Å². The molecule has 0 radical (unpaired) electrons. The van der Waals surface area contributed by atoms with Gasteiger partial charge in [0.05, 0.1) is 0 Å². The largest absolute Gasteiger partial charge is 0.508 e. The Kier molecular flexibility index (Phi) is 2.44. The van der Waals surface area contributed by atoms with Crippen molar-refractivity contribution in [2.24, 2.45) is 5.41 Å². The Labute approximate surface area is 112 Å². The molecule has 1 fully saturated rings. The lowest BCUT2D eigenvalue weighted by Crippen LogP contribution is -2.33. The molecule has 0 heterocycles. The first-order valence-electron chi connectivity index (χ1n) is 5.87. The highest BCUT2D eigenvalue weighted by atomic mass is 127. The normalized spacial score (nSPS) is 24.2. The molecule has 0 aromatic heterocycles. The Balaban J connectivity index is 2.22. The summed E-state index contributed by atoms with van der Waals surface area (Å²) in [7, 11) is 0. The molecule has 0 aliphatic heterocycles. The molecule has 92 valence electrons. The summed E-state index contributed by atoms with van der Waals surface area (Å²) >= 11 is 1.95. The third kappa shape index (κ3) is 1.39. The van der Waals surface area contributed by atoms with Crippen molar-refractivity contribution in [3.05, 3.63) is 26.8 Å². The third-order valence-corrected chi connectivity index (χ3v) is 5.19. The molecule has 1 aromatic rings. The second-order valence-corrected chi connectivity index (χ2v) is 6.32. The number of rotatable bonds is 0. The van der Waals surface area contributed by atoms with Gasteiger partial charge in [-0.1, -0.05) is 12.8 Å². The van der Waals surface area contributed by atoms with Gasteiger partial charge in [0.1, 0.15) is 5.75 Å². The predicted octanol–water partition coefficient (Wildman–Crippen LogP) is 4.21. The molecule has 0 amide bonds. The average molecular weight is 350 g/mol. The molecule has 0 saturated heterocycles. The zero-order chi connectivity index (χ0) is 12.3. The minimum absolute atomic E-state index is 0.0314. The average Bonchev–Trinajstić information content (AvgIpc) is 2.81. The second-order valence-electron chi connectivity index (χ2n) is 5.16. The fourth-order valence-corrected chi connectivity index (χ4v) is 4.23. The van der Waals surface area contributed by atoms with Crippen LogP contribution in [0.4, 0.5) is 8.78 Å². The van der Waals surface area contributed by atoms with Crippen LogP contribution < -0.4 is 0 Å². The van der Waals surface area contributed by atoms with Crippen LogP contribution >= 0.6 is 22.6 Å². The topological polar surface area (TPSA) is 20.2 Å². The van der Waals surface area contributed by atoms with E-state index in [9.17, 15) is 13.9 Å². The maximum Gasteiger partial charge on any atom is 0.280 e. The van der Waals surface area contributed by atoms with E-state index in [1.54, 1.807) is 6.07 Å². The molecule has 2 aliphatic carbocycles. The van der Waals surface area contributed by atoms with Gasteiger partial charge in [-0.15, -0.1) is 0 Å². The number of hydrogen-bond donors (Lipinski definition) is 1. The monoisotopic (exact) mass is 350 g/mol. The molecule has 1 spiro atoms. The maximum absolute atomic E-state index is 14.6. The van der Waals surface area contributed by atoms with Crippen LogP contribution in [0.25, 0.3) is 0 Å². The second kappa shape index (κ2) is 3.56. The first-order valence-corrected chi connectivity index (χ1v) is 6.94. The minimum Gasteiger partial charge on any atom is -0.508 e. The van der Waals surface area contributed by atoms with E-state index >= 15 is 0 Å². The molecule has 1 aromatic carbocycles. The molecule has 0 unspecified atom stereocenters. The van der Waals surface area contributed by atoms with Crippen LogP contribution in [-0.2, 0) is 12.3 Å². The fraction of sp³-hybridized carbons (Fsp3) is 0.538. The number of benzene rings is 1. The molecule has 4 heteroatoms. The molecule has 1 saturated carbocycles. The third-order valence-electron chi connectivity index (χ3n) is 4.29. The van der Waals surface area contributed by atoms with Crippen LogP contribution in [0.15, 0.2) is 12.1 Å². The van der Waals surface area contributed by atoms with E-state index < -0.39 is 11.3 Å². The zero-order valence-corrected chi connectivity index (χ0v) is 11.4. The molecule has 17 heavy (non-hydrogen) atoms.